The monoisotopic (exact) mass is 450 g/mol. The third kappa shape index (κ3) is 4.83. The number of rotatable bonds is 6. The minimum absolute atomic E-state index is 0.00714. The topological polar surface area (TPSA) is 92.8 Å². The number of sulfonamides is 1. The molecule has 3 rings (SSSR count). The van der Waals surface area contributed by atoms with Crippen LogP contribution < -0.4 is 5.32 Å². The van der Waals surface area contributed by atoms with Crippen LogP contribution in [0, 0.1) is 6.92 Å². The molecule has 1 heterocycles. The largest absolute Gasteiger partial charge is 0.449 e. The third-order valence-electron chi connectivity index (χ3n) is 4.91. The second-order valence-electron chi connectivity index (χ2n) is 7.11. The van der Waals surface area contributed by atoms with Gasteiger partial charge in [-0.1, -0.05) is 29.8 Å². The molecule has 1 amide bonds. The smallest absolute Gasteiger partial charge is 0.338 e. The number of nitrogens with one attached hydrogen (secondary N) is 1. The number of amides is 1. The van der Waals surface area contributed by atoms with E-state index in [0.717, 1.165) is 18.4 Å². The lowest BCUT2D eigenvalue weighted by atomic mass is 10.2. The fraction of sp³-hybridized carbons (Fsp3) is 0.333. The van der Waals surface area contributed by atoms with Gasteiger partial charge in [0.1, 0.15) is 4.90 Å². The molecule has 0 aromatic heterocycles. The van der Waals surface area contributed by atoms with Gasteiger partial charge in [0.15, 0.2) is 6.10 Å². The first-order valence-electron chi connectivity index (χ1n) is 9.57. The van der Waals surface area contributed by atoms with E-state index in [1.165, 1.54) is 29.4 Å². The normalized spacial score (nSPS) is 15.6. The maximum absolute atomic E-state index is 12.8. The van der Waals surface area contributed by atoms with Gasteiger partial charge in [-0.3, -0.25) is 4.79 Å². The van der Waals surface area contributed by atoms with Gasteiger partial charge < -0.3 is 10.1 Å². The summed E-state index contributed by atoms with van der Waals surface area (Å²) in [6.07, 6.45) is 0.490. The molecule has 0 radical (unpaired) electrons. The van der Waals surface area contributed by atoms with Gasteiger partial charge in [0.2, 0.25) is 10.0 Å². The van der Waals surface area contributed by atoms with Gasteiger partial charge in [-0.2, -0.15) is 4.31 Å². The van der Waals surface area contributed by atoms with Crippen LogP contribution in [0.1, 0.15) is 35.7 Å². The number of carbonyl (C=O) groups excluding carboxylic acids is 2. The van der Waals surface area contributed by atoms with Crippen molar-refractivity contribution in [3.8, 4) is 0 Å². The van der Waals surface area contributed by atoms with Gasteiger partial charge in [0.05, 0.1) is 10.6 Å². The zero-order valence-electron chi connectivity index (χ0n) is 16.7. The Balaban J connectivity index is 1.74. The second-order valence-corrected chi connectivity index (χ2v) is 9.42. The molecule has 0 unspecified atom stereocenters. The average Bonchev–Trinajstić information content (AvgIpc) is 3.25. The molecule has 160 valence electrons. The van der Waals surface area contributed by atoms with Crippen molar-refractivity contribution in [3.63, 3.8) is 0 Å². The average molecular weight is 451 g/mol. The summed E-state index contributed by atoms with van der Waals surface area (Å²) in [4.78, 5) is 24.8. The number of anilines is 1. The molecule has 9 heteroatoms. The van der Waals surface area contributed by atoms with Crippen LogP contribution in [-0.4, -0.2) is 43.8 Å². The van der Waals surface area contributed by atoms with Crippen molar-refractivity contribution >= 4 is 39.2 Å². The molecule has 2 aromatic rings. The van der Waals surface area contributed by atoms with Crippen molar-refractivity contribution in [2.75, 3.05) is 18.4 Å². The maximum Gasteiger partial charge on any atom is 0.338 e. The summed E-state index contributed by atoms with van der Waals surface area (Å²) >= 11 is 6.10. The summed E-state index contributed by atoms with van der Waals surface area (Å²) in [5.41, 5.74) is 1.50. The van der Waals surface area contributed by atoms with Crippen LogP contribution in [0.25, 0.3) is 0 Å². The van der Waals surface area contributed by atoms with E-state index >= 15 is 0 Å². The first-order valence-corrected chi connectivity index (χ1v) is 11.4. The summed E-state index contributed by atoms with van der Waals surface area (Å²) in [6, 6.07) is 11.2. The highest BCUT2D eigenvalue weighted by Crippen LogP contribution is 2.28. The quantitative estimate of drug-likeness (QED) is 0.678. The van der Waals surface area contributed by atoms with E-state index < -0.39 is 28.0 Å². The Bertz CT molecular complexity index is 1060. The van der Waals surface area contributed by atoms with E-state index in [0.29, 0.717) is 18.8 Å². The number of ether oxygens (including phenoxy) is 1. The number of benzene rings is 2. The Labute approximate surface area is 181 Å². The van der Waals surface area contributed by atoms with Crippen LogP contribution in [0.2, 0.25) is 5.02 Å². The van der Waals surface area contributed by atoms with Gasteiger partial charge in [-0.05, 0) is 56.5 Å². The number of halogens is 1. The van der Waals surface area contributed by atoms with E-state index in [2.05, 4.69) is 5.32 Å². The number of aryl methyl sites for hydroxylation is 1. The predicted molar refractivity (Wildman–Crippen MR) is 114 cm³/mol. The number of hydrogen-bond donors (Lipinski definition) is 1. The Kier molecular flexibility index (Phi) is 6.80. The summed E-state index contributed by atoms with van der Waals surface area (Å²) in [5.74, 6) is -1.30. The van der Waals surface area contributed by atoms with Crippen LogP contribution in [0.5, 0.6) is 0 Å². The lowest BCUT2D eigenvalue weighted by Gasteiger charge is -2.18. The van der Waals surface area contributed by atoms with E-state index in [-0.39, 0.29) is 15.5 Å². The molecule has 7 nitrogen and oxygen atoms in total. The van der Waals surface area contributed by atoms with Crippen molar-refractivity contribution in [1.29, 1.82) is 0 Å². The van der Waals surface area contributed by atoms with Crippen molar-refractivity contribution in [3.05, 3.63) is 58.6 Å². The summed E-state index contributed by atoms with van der Waals surface area (Å²) < 4.78 is 32.2. The van der Waals surface area contributed by atoms with Crippen LogP contribution >= 0.6 is 11.6 Å². The molecule has 0 spiro atoms. The van der Waals surface area contributed by atoms with Crippen molar-refractivity contribution < 1.29 is 22.7 Å². The Morgan fingerprint density at radius 1 is 1.13 bits per heavy atom. The molecule has 30 heavy (non-hydrogen) atoms. The number of hydrogen-bond acceptors (Lipinski definition) is 5. The number of esters is 1. The Morgan fingerprint density at radius 3 is 2.47 bits per heavy atom. The van der Waals surface area contributed by atoms with Gasteiger partial charge in [0.25, 0.3) is 5.91 Å². The van der Waals surface area contributed by atoms with Crippen LogP contribution in [0.15, 0.2) is 47.4 Å². The molecule has 0 aliphatic carbocycles. The number of nitrogens with zero attached hydrogens (tertiary/aromatic N) is 1. The number of carbonyl (C=O) groups is 2. The minimum atomic E-state index is -3.80. The molecule has 2 aromatic carbocycles. The summed E-state index contributed by atoms with van der Waals surface area (Å²) in [7, 11) is -3.80. The highest BCUT2D eigenvalue weighted by molar-refractivity contribution is 7.89. The summed E-state index contributed by atoms with van der Waals surface area (Å²) in [6.45, 7) is 4.14. The number of para-hydroxylation sites is 1. The van der Waals surface area contributed by atoms with E-state index in [4.69, 9.17) is 16.3 Å². The fourth-order valence-corrected chi connectivity index (χ4v) is 5.14. The molecule has 1 saturated heterocycles. The lowest BCUT2D eigenvalue weighted by molar-refractivity contribution is -0.123. The Morgan fingerprint density at radius 2 is 1.80 bits per heavy atom. The van der Waals surface area contributed by atoms with Gasteiger partial charge in [-0.25, -0.2) is 13.2 Å². The molecule has 1 N–H and O–H groups in total. The molecule has 1 aliphatic rings. The maximum atomic E-state index is 12.8. The zero-order chi connectivity index (χ0) is 21.9. The van der Waals surface area contributed by atoms with Gasteiger partial charge in [-0.15, -0.1) is 0 Å². The molecule has 1 aliphatic heterocycles. The standard InChI is InChI=1S/C21H23ClN2O5S/c1-14-7-3-4-8-18(14)23-20(25)15(2)29-21(26)16-9-10-17(22)19(13-16)30(27,28)24-11-5-6-12-24/h3-4,7-10,13,15H,5-6,11-12H2,1-2H3,(H,23,25)/t15-/m1/s1. The SMILES string of the molecule is Cc1ccccc1NC(=O)[C@@H](C)OC(=O)c1ccc(Cl)c(S(=O)(=O)N2CCCC2)c1. The molecular formula is C21H23ClN2O5S. The molecule has 1 fully saturated rings. The van der Waals surface area contributed by atoms with E-state index in [9.17, 15) is 18.0 Å². The van der Waals surface area contributed by atoms with E-state index in [1.54, 1.807) is 12.1 Å². The lowest BCUT2D eigenvalue weighted by Crippen LogP contribution is -2.30. The molecule has 0 saturated carbocycles. The predicted octanol–water partition coefficient (Wildman–Crippen LogP) is 3.62. The van der Waals surface area contributed by atoms with Crippen molar-refractivity contribution in [2.24, 2.45) is 0 Å². The zero-order valence-corrected chi connectivity index (χ0v) is 18.3. The fourth-order valence-electron chi connectivity index (χ4n) is 3.13. The van der Waals surface area contributed by atoms with Crippen LogP contribution in [0.3, 0.4) is 0 Å². The van der Waals surface area contributed by atoms with E-state index in [1.807, 2.05) is 19.1 Å². The van der Waals surface area contributed by atoms with Gasteiger partial charge in [0, 0.05) is 18.8 Å². The second kappa shape index (κ2) is 9.16. The molecule has 0 bridgehead atoms. The van der Waals surface area contributed by atoms with Crippen molar-refractivity contribution in [2.45, 2.75) is 37.7 Å². The minimum Gasteiger partial charge on any atom is -0.449 e. The summed E-state index contributed by atoms with van der Waals surface area (Å²) in [5, 5.41) is 2.74. The van der Waals surface area contributed by atoms with Crippen LogP contribution in [-0.2, 0) is 19.6 Å². The first kappa shape index (κ1) is 22.3. The highest BCUT2D eigenvalue weighted by atomic mass is 35.5. The van der Waals surface area contributed by atoms with Crippen molar-refractivity contribution in [1.82, 2.24) is 4.31 Å². The highest BCUT2D eigenvalue weighted by Gasteiger charge is 2.30. The third-order valence-corrected chi connectivity index (χ3v) is 7.29. The first-order chi connectivity index (χ1) is 14.2. The van der Waals surface area contributed by atoms with Gasteiger partial charge >= 0.3 is 5.97 Å². The molecule has 1 atom stereocenters. The Hall–Kier alpha value is -2.42. The van der Waals surface area contributed by atoms with Crippen LogP contribution in [0.4, 0.5) is 5.69 Å². The molecular weight excluding hydrogens is 428 g/mol.